The highest BCUT2D eigenvalue weighted by molar-refractivity contribution is 5.71. The second-order valence-electron chi connectivity index (χ2n) is 22.7. The van der Waals surface area contributed by atoms with Crippen molar-refractivity contribution in [3.63, 3.8) is 0 Å². The first-order valence-corrected chi connectivity index (χ1v) is 33.6. The van der Waals surface area contributed by atoms with Crippen molar-refractivity contribution >= 4 is 17.9 Å². The fourth-order valence-corrected chi connectivity index (χ4v) is 10.1. The van der Waals surface area contributed by atoms with Gasteiger partial charge in [0.25, 0.3) is 0 Å². The predicted octanol–water partition coefficient (Wildman–Crippen LogP) is 22.9. The molecule has 0 rings (SSSR count). The molecule has 0 N–H and O–H groups in total. The van der Waals surface area contributed by atoms with Gasteiger partial charge in [0.05, 0.1) is 0 Å². The van der Waals surface area contributed by atoms with Crippen molar-refractivity contribution in [2.24, 2.45) is 0 Å². The number of unbranched alkanes of at least 4 members (excludes halogenated alkanes) is 43. The normalized spacial score (nSPS) is 12.3. The molecule has 0 saturated heterocycles. The summed E-state index contributed by atoms with van der Waals surface area (Å²) in [6.07, 6.45) is 81.4. The Morgan fingerprint density at radius 2 is 0.513 bits per heavy atom. The zero-order valence-corrected chi connectivity index (χ0v) is 51.0. The average molecular weight is 1070 g/mol. The molecule has 0 saturated carbocycles. The molecule has 6 heteroatoms. The van der Waals surface area contributed by atoms with Crippen LogP contribution in [-0.4, -0.2) is 37.2 Å². The molecule has 0 amide bonds. The maximum absolute atomic E-state index is 12.9. The molecule has 6 nitrogen and oxygen atoms in total. The van der Waals surface area contributed by atoms with Gasteiger partial charge in [-0.25, -0.2) is 0 Å². The van der Waals surface area contributed by atoms with Crippen LogP contribution in [0.1, 0.15) is 361 Å². The van der Waals surface area contributed by atoms with Crippen LogP contribution in [0, 0.1) is 0 Å². The number of carbonyl (C=O) groups excluding carboxylic acids is 3. The zero-order chi connectivity index (χ0) is 55.0. The summed E-state index contributed by atoms with van der Waals surface area (Å²) in [5.41, 5.74) is 0. The van der Waals surface area contributed by atoms with Gasteiger partial charge in [0.1, 0.15) is 13.2 Å². The molecule has 1 unspecified atom stereocenters. The predicted molar refractivity (Wildman–Crippen MR) is 330 cm³/mol. The Morgan fingerprint density at radius 1 is 0.276 bits per heavy atom. The Balaban J connectivity index is 4.28. The number of carbonyl (C=O) groups is 3. The third-order valence-corrected chi connectivity index (χ3v) is 15.1. The SMILES string of the molecule is CC/C=C\C/C=C\C/C=C\C/C=C\CCCCC(=O)OCC(COC(=O)CCCCCCCCCCCCCCCCCCCCCCCCCCC)OC(=O)CCCCCCCCCCCCCCCCCCCC. The van der Waals surface area contributed by atoms with Gasteiger partial charge in [-0.3, -0.25) is 14.4 Å². The lowest BCUT2D eigenvalue weighted by molar-refractivity contribution is -0.167. The van der Waals surface area contributed by atoms with E-state index in [9.17, 15) is 14.4 Å². The number of esters is 3. The lowest BCUT2D eigenvalue weighted by Gasteiger charge is -2.18. The fourth-order valence-electron chi connectivity index (χ4n) is 10.1. The van der Waals surface area contributed by atoms with Gasteiger partial charge in [0.2, 0.25) is 0 Å². The van der Waals surface area contributed by atoms with E-state index < -0.39 is 6.10 Å². The van der Waals surface area contributed by atoms with Crippen LogP contribution >= 0.6 is 0 Å². The molecule has 0 aliphatic heterocycles. The van der Waals surface area contributed by atoms with Gasteiger partial charge in [-0.15, -0.1) is 0 Å². The number of allylic oxidation sites excluding steroid dienone is 8. The van der Waals surface area contributed by atoms with Crippen LogP contribution < -0.4 is 0 Å². The number of ether oxygens (including phenoxy) is 3. The summed E-state index contributed by atoms with van der Waals surface area (Å²) in [4.78, 5) is 38.3. The molecule has 1 atom stereocenters. The van der Waals surface area contributed by atoms with Gasteiger partial charge in [0, 0.05) is 19.3 Å². The molecule has 0 bridgehead atoms. The minimum Gasteiger partial charge on any atom is -0.462 e. The minimum absolute atomic E-state index is 0.0811. The third-order valence-electron chi connectivity index (χ3n) is 15.1. The van der Waals surface area contributed by atoms with Crippen molar-refractivity contribution in [3.8, 4) is 0 Å². The molecule has 76 heavy (non-hydrogen) atoms. The van der Waals surface area contributed by atoms with Gasteiger partial charge >= 0.3 is 17.9 Å². The summed E-state index contributed by atoms with van der Waals surface area (Å²) in [7, 11) is 0. The number of rotatable bonds is 62. The molecule has 0 aromatic rings. The largest absolute Gasteiger partial charge is 0.462 e. The van der Waals surface area contributed by atoms with Crippen molar-refractivity contribution in [1.82, 2.24) is 0 Å². The lowest BCUT2D eigenvalue weighted by Crippen LogP contribution is -2.30. The molecule has 0 radical (unpaired) electrons. The summed E-state index contributed by atoms with van der Waals surface area (Å²) in [5.74, 6) is -0.899. The molecule has 0 aromatic heterocycles. The second kappa shape index (κ2) is 64.9. The molecular weight excluding hydrogens is 937 g/mol. The maximum Gasteiger partial charge on any atom is 0.306 e. The van der Waals surface area contributed by atoms with E-state index in [1.54, 1.807) is 0 Å². The van der Waals surface area contributed by atoms with Gasteiger partial charge in [-0.1, -0.05) is 333 Å². The summed E-state index contributed by atoms with van der Waals surface area (Å²) >= 11 is 0. The van der Waals surface area contributed by atoms with E-state index in [1.807, 2.05) is 0 Å². The van der Waals surface area contributed by atoms with Crippen LogP contribution in [0.15, 0.2) is 48.6 Å². The quantitative estimate of drug-likeness (QED) is 0.0261. The topological polar surface area (TPSA) is 78.9 Å². The highest BCUT2D eigenvalue weighted by Crippen LogP contribution is 2.18. The summed E-state index contributed by atoms with van der Waals surface area (Å²) in [6, 6.07) is 0. The van der Waals surface area contributed by atoms with E-state index >= 15 is 0 Å². The second-order valence-corrected chi connectivity index (χ2v) is 22.7. The molecule has 0 spiro atoms. The average Bonchev–Trinajstić information content (AvgIpc) is 3.42. The number of hydrogen-bond donors (Lipinski definition) is 0. The highest BCUT2D eigenvalue weighted by atomic mass is 16.6. The first kappa shape index (κ1) is 73.4. The fraction of sp³-hybridized carbons (Fsp3) is 0.843. The molecule has 0 aliphatic rings. The smallest absolute Gasteiger partial charge is 0.306 e. The van der Waals surface area contributed by atoms with Crippen LogP contribution in [0.2, 0.25) is 0 Å². The molecular formula is C70H128O6. The van der Waals surface area contributed by atoms with E-state index in [2.05, 4.69) is 69.4 Å². The van der Waals surface area contributed by atoms with E-state index in [1.165, 1.54) is 238 Å². The summed E-state index contributed by atoms with van der Waals surface area (Å²) in [5, 5.41) is 0. The van der Waals surface area contributed by atoms with Crippen molar-refractivity contribution in [2.45, 2.75) is 367 Å². The van der Waals surface area contributed by atoms with Crippen LogP contribution in [0.5, 0.6) is 0 Å². The molecule has 0 aromatic carbocycles. The Morgan fingerprint density at radius 3 is 0.803 bits per heavy atom. The summed E-state index contributed by atoms with van der Waals surface area (Å²) < 4.78 is 16.9. The monoisotopic (exact) mass is 1060 g/mol. The molecule has 0 aliphatic carbocycles. The van der Waals surface area contributed by atoms with Crippen molar-refractivity contribution < 1.29 is 28.6 Å². The van der Waals surface area contributed by atoms with E-state index in [4.69, 9.17) is 14.2 Å². The van der Waals surface area contributed by atoms with Crippen molar-refractivity contribution in [3.05, 3.63) is 48.6 Å². The van der Waals surface area contributed by atoms with Gasteiger partial charge in [-0.2, -0.15) is 0 Å². The zero-order valence-electron chi connectivity index (χ0n) is 51.0. The Hall–Kier alpha value is -2.63. The minimum atomic E-state index is -0.788. The van der Waals surface area contributed by atoms with Crippen molar-refractivity contribution in [1.29, 1.82) is 0 Å². The van der Waals surface area contributed by atoms with Crippen LogP contribution in [0.4, 0.5) is 0 Å². The molecule has 0 fully saturated rings. The van der Waals surface area contributed by atoms with Crippen LogP contribution in [-0.2, 0) is 28.6 Å². The van der Waals surface area contributed by atoms with E-state index in [0.717, 1.165) is 83.5 Å². The third kappa shape index (κ3) is 62.2. The van der Waals surface area contributed by atoms with Gasteiger partial charge in [0.15, 0.2) is 6.10 Å². The number of hydrogen-bond acceptors (Lipinski definition) is 6. The highest BCUT2D eigenvalue weighted by Gasteiger charge is 2.19. The van der Waals surface area contributed by atoms with Gasteiger partial charge < -0.3 is 14.2 Å². The maximum atomic E-state index is 12.9. The Bertz CT molecular complexity index is 1310. The van der Waals surface area contributed by atoms with Crippen molar-refractivity contribution in [2.75, 3.05) is 13.2 Å². The summed E-state index contributed by atoms with van der Waals surface area (Å²) in [6.45, 7) is 6.56. The first-order chi connectivity index (χ1) is 37.5. The van der Waals surface area contributed by atoms with Crippen LogP contribution in [0.25, 0.3) is 0 Å². The molecule has 444 valence electrons. The first-order valence-electron chi connectivity index (χ1n) is 33.6. The Labute approximate surface area is 473 Å². The Kier molecular flexibility index (Phi) is 62.6. The van der Waals surface area contributed by atoms with Gasteiger partial charge in [-0.05, 0) is 57.8 Å². The van der Waals surface area contributed by atoms with Crippen LogP contribution in [0.3, 0.4) is 0 Å². The molecule has 0 heterocycles. The standard InChI is InChI=1S/C70H128O6/c1-4-7-10-13-16-19-22-25-28-30-32-33-34-35-36-37-38-40-42-45-48-51-54-57-60-63-69(72)75-66-67(65-74-68(71)62-59-56-53-50-47-44-41-27-24-21-18-15-12-9-6-3)76-70(73)64-61-58-55-52-49-46-43-39-31-29-26-23-20-17-14-11-8-5-2/h9,12,18,21,27,41,47,50,67H,4-8,10-11,13-17,19-20,22-26,28-40,42-46,48-49,51-66H2,1-3H3/b12-9-,21-18-,41-27-,50-47-. The van der Waals surface area contributed by atoms with E-state index in [0.29, 0.717) is 19.3 Å². The lowest BCUT2D eigenvalue weighted by atomic mass is 10.0. The van der Waals surface area contributed by atoms with E-state index in [-0.39, 0.29) is 31.1 Å².